The van der Waals surface area contributed by atoms with Crippen molar-refractivity contribution in [3.05, 3.63) is 30.1 Å². The van der Waals surface area contributed by atoms with Crippen LogP contribution in [0.4, 0.5) is 14.9 Å². The molecule has 0 fully saturated rings. The zero-order chi connectivity index (χ0) is 15.1. The molecule has 110 valence electrons. The Bertz CT molecular complexity index is 479. The van der Waals surface area contributed by atoms with Gasteiger partial charge in [-0.15, -0.1) is 0 Å². The van der Waals surface area contributed by atoms with Gasteiger partial charge in [-0.2, -0.15) is 0 Å². The molecule has 0 bridgehead atoms. The van der Waals surface area contributed by atoms with Gasteiger partial charge in [0.15, 0.2) is 0 Å². The van der Waals surface area contributed by atoms with Gasteiger partial charge in [0, 0.05) is 13.1 Å². The molecule has 2 amide bonds. The number of nitrogens with zero attached hydrogens (tertiary/aromatic N) is 1. The summed E-state index contributed by atoms with van der Waals surface area (Å²) in [5, 5.41) is 11.3. The molecule has 20 heavy (non-hydrogen) atoms. The fraction of sp³-hybridized carbons (Fsp3) is 0.429. The molecule has 0 aromatic heterocycles. The average molecular weight is 282 g/mol. The smallest absolute Gasteiger partial charge is 0.321 e. The van der Waals surface area contributed by atoms with Gasteiger partial charge in [0.05, 0.1) is 11.6 Å². The Labute approximate surface area is 117 Å². The lowest BCUT2D eigenvalue weighted by Crippen LogP contribution is -2.41. The molecule has 1 rings (SSSR count). The van der Waals surface area contributed by atoms with Crippen LogP contribution in [0.25, 0.3) is 0 Å². The molecule has 6 heteroatoms. The Kier molecular flexibility index (Phi) is 5.96. The summed E-state index contributed by atoms with van der Waals surface area (Å²) in [7, 11) is 0. The summed E-state index contributed by atoms with van der Waals surface area (Å²) in [5.74, 6) is -1.90. The molecular formula is C14H19FN2O3. The molecule has 2 N–H and O–H groups in total. The van der Waals surface area contributed by atoms with Crippen LogP contribution in [0, 0.1) is 11.7 Å². The Morgan fingerprint density at radius 2 is 2.05 bits per heavy atom. The van der Waals surface area contributed by atoms with Crippen molar-refractivity contribution in [3.8, 4) is 0 Å². The SMILES string of the molecule is CCN(C(=O)NCCC(C)C(=O)O)c1ccccc1F. The number of amides is 2. The Morgan fingerprint density at radius 1 is 1.40 bits per heavy atom. The number of urea groups is 1. The maximum absolute atomic E-state index is 13.6. The summed E-state index contributed by atoms with van der Waals surface area (Å²) >= 11 is 0. The molecule has 0 saturated heterocycles. The van der Waals surface area contributed by atoms with Gasteiger partial charge in [0.25, 0.3) is 0 Å². The van der Waals surface area contributed by atoms with Crippen molar-refractivity contribution >= 4 is 17.7 Å². The Hall–Kier alpha value is -2.11. The number of halogens is 1. The number of anilines is 1. The van der Waals surface area contributed by atoms with Crippen molar-refractivity contribution in [1.29, 1.82) is 0 Å². The summed E-state index contributed by atoms with van der Waals surface area (Å²) in [5.41, 5.74) is 0.207. The lowest BCUT2D eigenvalue weighted by molar-refractivity contribution is -0.141. The highest BCUT2D eigenvalue weighted by Crippen LogP contribution is 2.18. The van der Waals surface area contributed by atoms with Gasteiger partial charge in [-0.25, -0.2) is 9.18 Å². The van der Waals surface area contributed by atoms with Crippen LogP contribution in [0.2, 0.25) is 0 Å². The van der Waals surface area contributed by atoms with Gasteiger partial charge in [-0.1, -0.05) is 19.1 Å². The maximum atomic E-state index is 13.6. The fourth-order valence-electron chi connectivity index (χ4n) is 1.71. The van der Waals surface area contributed by atoms with E-state index in [4.69, 9.17) is 5.11 Å². The second-order valence-electron chi connectivity index (χ2n) is 4.46. The predicted molar refractivity (Wildman–Crippen MR) is 74.2 cm³/mol. The number of aliphatic carboxylic acids is 1. The number of para-hydroxylation sites is 1. The van der Waals surface area contributed by atoms with Gasteiger partial charge < -0.3 is 10.4 Å². The molecule has 1 unspecified atom stereocenters. The number of carboxylic acid groups (broad SMARTS) is 1. The van der Waals surface area contributed by atoms with E-state index in [-0.39, 0.29) is 12.2 Å². The monoisotopic (exact) mass is 282 g/mol. The number of hydrogen-bond acceptors (Lipinski definition) is 2. The first-order chi connectivity index (χ1) is 9.47. The zero-order valence-corrected chi connectivity index (χ0v) is 11.6. The number of carboxylic acids is 1. The van der Waals surface area contributed by atoms with Crippen LogP contribution in [0.15, 0.2) is 24.3 Å². The molecule has 1 atom stereocenters. The standard InChI is InChI=1S/C14H19FN2O3/c1-3-17(12-7-5-4-6-11(12)15)14(20)16-9-8-10(2)13(18)19/h4-7,10H,3,8-9H2,1-2H3,(H,16,20)(H,18,19). The third-order valence-electron chi connectivity index (χ3n) is 2.98. The molecule has 0 aliphatic heterocycles. The first-order valence-corrected chi connectivity index (χ1v) is 6.50. The minimum absolute atomic E-state index is 0.207. The van der Waals surface area contributed by atoms with Crippen LogP contribution in [-0.2, 0) is 4.79 Å². The molecule has 0 saturated carbocycles. The Balaban J connectivity index is 2.60. The van der Waals surface area contributed by atoms with Crippen LogP contribution in [0.1, 0.15) is 20.3 Å². The van der Waals surface area contributed by atoms with Crippen molar-refractivity contribution in [2.24, 2.45) is 5.92 Å². The van der Waals surface area contributed by atoms with Crippen molar-refractivity contribution in [2.45, 2.75) is 20.3 Å². The fourth-order valence-corrected chi connectivity index (χ4v) is 1.71. The van der Waals surface area contributed by atoms with Crippen LogP contribution in [0.5, 0.6) is 0 Å². The molecule has 0 aliphatic rings. The van der Waals surface area contributed by atoms with Crippen LogP contribution in [-0.4, -0.2) is 30.2 Å². The van der Waals surface area contributed by atoms with E-state index >= 15 is 0 Å². The molecule has 0 radical (unpaired) electrons. The van der Waals surface area contributed by atoms with E-state index in [0.717, 1.165) is 0 Å². The van der Waals surface area contributed by atoms with Gasteiger partial charge in [0.2, 0.25) is 0 Å². The van der Waals surface area contributed by atoms with Crippen molar-refractivity contribution < 1.29 is 19.1 Å². The van der Waals surface area contributed by atoms with Crippen LogP contribution >= 0.6 is 0 Å². The summed E-state index contributed by atoms with van der Waals surface area (Å²) in [6, 6.07) is 5.59. The van der Waals surface area contributed by atoms with Crippen LogP contribution < -0.4 is 10.2 Å². The van der Waals surface area contributed by atoms with Gasteiger partial charge in [-0.3, -0.25) is 9.69 Å². The summed E-state index contributed by atoms with van der Waals surface area (Å²) in [6.07, 6.45) is 0.329. The van der Waals surface area contributed by atoms with Crippen molar-refractivity contribution in [3.63, 3.8) is 0 Å². The number of carbonyl (C=O) groups is 2. The molecule has 5 nitrogen and oxygen atoms in total. The van der Waals surface area contributed by atoms with E-state index in [1.807, 2.05) is 0 Å². The second-order valence-corrected chi connectivity index (χ2v) is 4.46. The molecule has 0 aliphatic carbocycles. The first-order valence-electron chi connectivity index (χ1n) is 6.50. The van der Waals surface area contributed by atoms with E-state index in [0.29, 0.717) is 13.0 Å². The highest BCUT2D eigenvalue weighted by molar-refractivity contribution is 5.92. The van der Waals surface area contributed by atoms with Gasteiger partial charge >= 0.3 is 12.0 Å². The third-order valence-corrected chi connectivity index (χ3v) is 2.98. The number of nitrogens with one attached hydrogen (secondary N) is 1. The minimum atomic E-state index is -0.902. The number of hydrogen-bond donors (Lipinski definition) is 2. The molecule has 0 spiro atoms. The number of rotatable bonds is 6. The van der Waals surface area contributed by atoms with E-state index in [1.165, 1.54) is 17.0 Å². The van der Waals surface area contributed by atoms with E-state index in [9.17, 15) is 14.0 Å². The lowest BCUT2D eigenvalue weighted by Gasteiger charge is -2.22. The van der Waals surface area contributed by atoms with E-state index in [1.54, 1.807) is 26.0 Å². The molecule has 0 heterocycles. The van der Waals surface area contributed by atoms with Crippen LogP contribution in [0.3, 0.4) is 0 Å². The molecule has 1 aromatic carbocycles. The highest BCUT2D eigenvalue weighted by atomic mass is 19.1. The third kappa shape index (κ3) is 4.22. The number of carbonyl (C=O) groups excluding carboxylic acids is 1. The summed E-state index contributed by atoms with van der Waals surface area (Å²) in [6.45, 7) is 3.87. The minimum Gasteiger partial charge on any atom is -0.481 e. The first kappa shape index (κ1) is 15.9. The Morgan fingerprint density at radius 3 is 2.60 bits per heavy atom. The predicted octanol–water partition coefficient (Wildman–Crippen LogP) is 2.47. The highest BCUT2D eigenvalue weighted by Gasteiger charge is 2.17. The normalized spacial score (nSPS) is 11.8. The maximum Gasteiger partial charge on any atom is 0.321 e. The van der Waals surface area contributed by atoms with Crippen molar-refractivity contribution in [2.75, 3.05) is 18.0 Å². The summed E-state index contributed by atoms with van der Waals surface area (Å²) in [4.78, 5) is 23.9. The quantitative estimate of drug-likeness (QED) is 0.842. The summed E-state index contributed by atoms with van der Waals surface area (Å²) < 4.78 is 13.6. The second kappa shape index (κ2) is 7.47. The zero-order valence-electron chi connectivity index (χ0n) is 11.6. The van der Waals surface area contributed by atoms with E-state index < -0.39 is 23.7 Å². The average Bonchev–Trinajstić information content (AvgIpc) is 2.41. The lowest BCUT2D eigenvalue weighted by atomic mass is 10.1. The largest absolute Gasteiger partial charge is 0.481 e. The van der Waals surface area contributed by atoms with Gasteiger partial charge in [-0.05, 0) is 25.5 Å². The molecule has 1 aromatic rings. The van der Waals surface area contributed by atoms with E-state index in [2.05, 4.69) is 5.32 Å². The van der Waals surface area contributed by atoms with Crippen molar-refractivity contribution in [1.82, 2.24) is 5.32 Å². The van der Waals surface area contributed by atoms with Gasteiger partial charge in [0.1, 0.15) is 5.82 Å². The number of benzene rings is 1. The molecular weight excluding hydrogens is 263 g/mol. The topological polar surface area (TPSA) is 69.6 Å².